The van der Waals surface area contributed by atoms with Gasteiger partial charge in [0.25, 0.3) is 0 Å². The van der Waals surface area contributed by atoms with Gasteiger partial charge in [0.1, 0.15) is 18.1 Å². The zero-order chi connectivity index (χ0) is 34.3. The highest BCUT2D eigenvalue weighted by Crippen LogP contribution is 2.24. The Kier molecular flexibility index (Phi) is 15.3. The molecule has 0 aliphatic carbocycles. The molecule has 0 bridgehead atoms. The van der Waals surface area contributed by atoms with E-state index in [1.165, 1.54) is 4.90 Å². The van der Waals surface area contributed by atoms with Crippen LogP contribution in [-0.2, 0) is 32.0 Å². The highest BCUT2D eigenvalue weighted by atomic mass is 16.4. The summed E-state index contributed by atoms with van der Waals surface area (Å²) >= 11 is 0. The number of hydrogen-bond donors (Lipinski definition) is 7. The van der Waals surface area contributed by atoms with Crippen LogP contribution in [0.5, 0.6) is 0 Å². The molecule has 0 spiro atoms. The second-order valence-electron chi connectivity index (χ2n) is 12.8. The Hall–Kier alpha value is -3.78. The van der Waals surface area contributed by atoms with Crippen LogP contribution in [0.4, 0.5) is 0 Å². The number of nitrogens with two attached hydrogens (primary N) is 2. The third-order valence-corrected chi connectivity index (χ3v) is 8.41. The van der Waals surface area contributed by atoms with Crippen LogP contribution in [0.3, 0.4) is 0 Å². The smallest absolute Gasteiger partial charge is 0.427 e. The highest BCUT2D eigenvalue weighted by Gasteiger charge is 2.37. The summed E-state index contributed by atoms with van der Waals surface area (Å²) in [5, 5.41) is 27.7. The summed E-state index contributed by atoms with van der Waals surface area (Å²) in [7, 11) is -1.53. The third-order valence-electron chi connectivity index (χ3n) is 8.41. The van der Waals surface area contributed by atoms with Crippen LogP contribution in [0.25, 0.3) is 0 Å². The third kappa shape index (κ3) is 12.4. The number of likely N-dealkylation sites (tertiary alicyclic amines) is 1. The van der Waals surface area contributed by atoms with Gasteiger partial charge >= 0.3 is 7.12 Å². The lowest BCUT2D eigenvalue weighted by molar-refractivity contribution is -0.137. The van der Waals surface area contributed by atoms with Gasteiger partial charge in [-0.15, -0.1) is 0 Å². The lowest BCUT2D eigenvalue weighted by Crippen LogP contribution is -2.58. The molecule has 1 aliphatic rings. The zero-order valence-electron chi connectivity index (χ0n) is 27.5. The van der Waals surface area contributed by atoms with E-state index < -0.39 is 54.8 Å². The van der Waals surface area contributed by atoms with Gasteiger partial charge in [-0.1, -0.05) is 74.5 Å². The van der Waals surface area contributed by atoms with Crippen LogP contribution >= 0.6 is 0 Å². The van der Waals surface area contributed by atoms with E-state index >= 15 is 0 Å². The largest absolute Gasteiger partial charge is 0.456 e. The van der Waals surface area contributed by atoms with Crippen LogP contribution in [0, 0.1) is 5.92 Å². The molecule has 1 saturated heterocycles. The minimum atomic E-state index is -1.53. The molecule has 1 fully saturated rings. The number of nitrogens with one attached hydrogen (secondary N) is 3. The van der Waals surface area contributed by atoms with Crippen LogP contribution in [0.2, 0.25) is 5.82 Å². The molecule has 3 rings (SSSR count). The average molecular weight is 651 g/mol. The number of amides is 4. The molecule has 1 unspecified atom stereocenters. The number of benzene rings is 2. The van der Waals surface area contributed by atoms with Gasteiger partial charge in [-0.25, -0.2) is 0 Å². The molecule has 0 saturated carbocycles. The van der Waals surface area contributed by atoms with E-state index in [1.807, 2.05) is 74.5 Å². The number of nitrogens with zero attached hydrogens (tertiary/aromatic N) is 1. The first-order chi connectivity index (χ1) is 22.5. The van der Waals surface area contributed by atoms with Gasteiger partial charge in [0, 0.05) is 25.3 Å². The Labute approximate surface area is 278 Å². The minimum absolute atomic E-state index is 0.0179. The standard InChI is InChI=1S/C34H51BN6O6/c1-23(2)19-29(32(43)38-28(15-9-10-17-36)34(45)41-18-16-26(22-41)35(46)47)40-33(44)30(21-25-13-7-4-8-14-25)39-31(42)27(37)20-24-11-5-3-6-12-24/h3-8,11-14,23,26-30,46-47H,9-10,15-22,36-37H2,1-2H3,(H,38,43)(H,39,42)(H,40,44)/t26?,27-,28-,29-,30-/m1/s1. The Morgan fingerprint density at radius 1 is 0.830 bits per heavy atom. The van der Waals surface area contributed by atoms with Gasteiger partial charge in [-0.05, 0) is 62.1 Å². The van der Waals surface area contributed by atoms with E-state index in [0.717, 1.165) is 11.1 Å². The molecule has 1 aliphatic heterocycles. The second-order valence-corrected chi connectivity index (χ2v) is 12.8. The number of carbonyl (C=O) groups excluding carboxylic acids is 4. The van der Waals surface area contributed by atoms with Crippen LogP contribution < -0.4 is 27.4 Å². The molecule has 12 nitrogen and oxygen atoms in total. The summed E-state index contributed by atoms with van der Waals surface area (Å²) in [6.07, 6.45) is 2.82. The first kappa shape index (κ1) is 37.7. The summed E-state index contributed by atoms with van der Waals surface area (Å²) in [5.74, 6) is -2.29. The Bertz CT molecular complexity index is 1280. The van der Waals surface area contributed by atoms with E-state index in [4.69, 9.17) is 11.5 Å². The van der Waals surface area contributed by atoms with Crippen molar-refractivity contribution in [3.05, 3.63) is 71.8 Å². The topological polar surface area (TPSA) is 200 Å². The van der Waals surface area contributed by atoms with Gasteiger partial charge < -0.3 is 42.4 Å². The first-order valence-electron chi connectivity index (χ1n) is 16.6. The average Bonchev–Trinajstić information content (AvgIpc) is 3.55. The van der Waals surface area contributed by atoms with E-state index in [2.05, 4.69) is 16.0 Å². The monoisotopic (exact) mass is 650 g/mol. The molecule has 47 heavy (non-hydrogen) atoms. The fraction of sp³-hybridized carbons (Fsp3) is 0.529. The van der Waals surface area contributed by atoms with Crippen molar-refractivity contribution in [1.82, 2.24) is 20.9 Å². The lowest BCUT2D eigenvalue weighted by Gasteiger charge is -2.28. The minimum Gasteiger partial charge on any atom is -0.427 e. The Balaban J connectivity index is 1.76. The van der Waals surface area contributed by atoms with E-state index in [0.29, 0.717) is 51.6 Å². The van der Waals surface area contributed by atoms with Crippen LogP contribution in [0.1, 0.15) is 57.1 Å². The highest BCUT2D eigenvalue weighted by molar-refractivity contribution is 6.43. The van der Waals surface area contributed by atoms with Crippen molar-refractivity contribution >= 4 is 30.7 Å². The van der Waals surface area contributed by atoms with Crippen molar-refractivity contribution in [3.63, 3.8) is 0 Å². The molecule has 256 valence electrons. The SMILES string of the molecule is CC(C)C[C@@H](NC(=O)[C@@H](Cc1ccccc1)NC(=O)[C@H](N)Cc1ccccc1)C(=O)N[C@H](CCCCN)C(=O)N1CCC(B(O)O)C1. The fourth-order valence-corrected chi connectivity index (χ4v) is 5.75. The predicted octanol–water partition coefficient (Wildman–Crippen LogP) is 0.504. The molecule has 2 aromatic carbocycles. The van der Waals surface area contributed by atoms with E-state index in [-0.39, 0.29) is 24.8 Å². The maximum atomic E-state index is 13.8. The fourth-order valence-electron chi connectivity index (χ4n) is 5.75. The molecule has 2 aromatic rings. The van der Waals surface area contributed by atoms with Crippen LogP contribution in [-0.4, -0.2) is 89.5 Å². The Morgan fingerprint density at radius 2 is 1.38 bits per heavy atom. The van der Waals surface area contributed by atoms with Crippen molar-refractivity contribution in [3.8, 4) is 0 Å². The van der Waals surface area contributed by atoms with Crippen molar-refractivity contribution in [2.24, 2.45) is 17.4 Å². The molecule has 9 N–H and O–H groups in total. The number of rotatable bonds is 18. The van der Waals surface area contributed by atoms with Gasteiger partial charge in [-0.2, -0.15) is 0 Å². The number of carbonyl (C=O) groups is 4. The number of hydrogen-bond acceptors (Lipinski definition) is 8. The van der Waals surface area contributed by atoms with Crippen molar-refractivity contribution in [2.75, 3.05) is 19.6 Å². The number of unbranched alkanes of at least 4 members (excludes halogenated alkanes) is 1. The normalized spacial score (nSPS) is 17.0. The molecule has 5 atom stereocenters. The zero-order valence-corrected chi connectivity index (χ0v) is 27.5. The van der Waals surface area contributed by atoms with Gasteiger partial charge in [0.15, 0.2) is 0 Å². The lowest BCUT2D eigenvalue weighted by atomic mass is 9.72. The summed E-state index contributed by atoms with van der Waals surface area (Å²) < 4.78 is 0. The van der Waals surface area contributed by atoms with Crippen molar-refractivity contribution < 1.29 is 29.2 Å². The van der Waals surface area contributed by atoms with Crippen LogP contribution in [0.15, 0.2) is 60.7 Å². The molecule has 0 radical (unpaired) electrons. The molecule has 0 aromatic heterocycles. The van der Waals surface area contributed by atoms with E-state index in [9.17, 15) is 29.2 Å². The predicted molar refractivity (Wildman–Crippen MR) is 182 cm³/mol. The molecular formula is C34H51BN6O6. The summed E-state index contributed by atoms with van der Waals surface area (Å²) in [4.78, 5) is 55.8. The quantitative estimate of drug-likeness (QED) is 0.0894. The maximum Gasteiger partial charge on any atom is 0.456 e. The maximum absolute atomic E-state index is 13.8. The molecule has 1 heterocycles. The second kappa shape index (κ2) is 19.1. The summed E-state index contributed by atoms with van der Waals surface area (Å²) in [6, 6.07) is 14.8. The van der Waals surface area contributed by atoms with Crippen molar-refractivity contribution in [2.45, 2.75) is 88.8 Å². The van der Waals surface area contributed by atoms with Crippen molar-refractivity contribution in [1.29, 1.82) is 0 Å². The Morgan fingerprint density at radius 3 is 1.94 bits per heavy atom. The first-order valence-corrected chi connectivity index (χ1v) is 16.6. The van der Waals surface area contributed by atoms with E-state index in [1.54, 1.807) is 0 Å². The summed E-state index contributed by atoms with van der Waals surface area (Å²) in [6.45, 7) is 4.81. The molecule has 4 amide bonds. The molecule has 13 heteroatoms. The summed E-state index contributed by atoms with van der Waals surface area (Å²) in [5.41, 5.74) is 13.6. The van der Waals surface area contributed by atoms with Gasteiger partial charge in [0.05, 0.1) is 6.04 Å². The molecular weight excluding hydrogens is 599 g/mol. The van der Waals surface area contributed by atoms with Gasteiger partial charge in [0.2, 0.25) is 23.6 Å². The van der Waals surface area contributed by atoms with Gasteiger partial charge in [-0.3, -0.25) is 19.2 Å².